The molecule has 2 aliphatic rings. The van der Waals surface area contributed by atoms with Gasteiger partial charge >= 0.3 is 0 Å². The molecule has 0 heterocycles. The molecule has 0 radical (unpaired) electrons. The largest absolute Gasteiger partial charge is 0.207 e. The van der Waals surface area contributed by atoms with Crippen molar-refractivity contribution in [2.45, 2.75) is 50.9 Å². The van der Waals surface area contributed by atoms with Gasteiger partial charge in [0.15, 0.2) is 0 Å². The maximum atomic E-state index is 13.6. The number of hydrogen-bond donors (Lipinski definition) is 0. The van der Waals surface area contributed by atoms with Crippen LogP contribution in [0.1, 0.15) is 49.7 Å². The molecule has 1 heteroatoms. The summed E-state index contributed by atoms with van der Waals surface area (Å²) in [6.45, 7) is 1.84. The lowest BCUT2D eigenvalue weighted by Gasteiger charge is -2.16. The molecule has 0 spiro atoms. The smallest absolute Gasteiger partial charge is 0.126 e. The fraction of sp³-hybridized carbons (Fsp3) is 0.600. The number of halogens is 1. The van der Waals surface area contributed by atoms with Crippen LogP contribution in [0.2, 0.25) is 0 Å². The standard InChI is InChI=1S/C15H19F/c1-11-6-7-12(9-14(11)16)15-8-4-2-3-5-13(15)10-15/h6-7,9,13H,2-5,8,10H2,1H3. The average molecular weight is 218 g/mol. The number of hydrogen-bond acceptors (Lipinski definition) is 0. The first-order chi connectivity index (χ1) is 7.72. The monoisotopic (exact) mass is 218 g/mol. The van der Waals surface area contributed by atoms with Crippen LogP contribution in [0.4, 0.5) is 4.39 Å². The lowest BCUT2D eigenvalue weighted by atomic mass is 9.88. The van der Waals surface area contributed by atoms with Crippen molar-refractivity contribution in [2.75, 3.05) is 0 Å². The third-order valence-corrected chi connectivity index (χ3v) is 4.65. The topological polar surface area (TPSA) is 0 Å². The van der Waals surface area contributed by atoms with Gasteiger partial charge in [-0.2, -0.15) is 0 Å². The minimum absolute atomic E-state index is 0.0261. The molecule has 0 N–H and O–H groups in total. The van der Waals surface area contributed by atoms with Crippen molar-refractivity contribution in [3.63, 3.8) is 0 Å². The summed E-state index contributed by atoms with van der Waals surface area (Å²) in [6.07, 6.45) is 8.00. The zero-order valence-electron chi connectivity index (χ0n) is 9.93. The normalized spacial score (nSPS) is 33.0. The Bertz CT molecular complexity index is 410. The van der Waals surface area contributed by atoms with Crippen LogP contribution in [0, 0.1) is 18.7 Å². The molecule has 0 nitrogen and oxygen atoms in total. The molecule has 2 saturated carbocycles. The van der Waals surface area contributed by atoms with E-state index in [1.54, 1.807) is 6.07 Å². The van der Waals surface area contributed by atoms with E-state index in [4.69, 9.17) is 0 Å². The van der Waals surface area contributed by atoms with Crippen LogP contribution in [0.5, 0.6) is 0 Å². The molecule has 0 saturated heterocycles. The molecule has 0 amide bonds. The van der Waals surface area contributed by atoms with E-state index < -0.39 is 0 Å². The molecule has 3 rings (SSSR count). The highest BCUT2D eigenvalue weighted by molar-refractivity contribution is 5.36. The third-order valence-electron chi connectivity index (χ3n) is 4.65. The highest BCUT2D eigenvalue weighted by Gasteiger charge is 2.54. The molecule has 0 aliphatic heterocycles. The summed E-state index contributed by atoms with van der Waals surface area (Å²) in [4.78, 5) is 0. The van der Waals surface area contributed by atoms with Crippen LogP contribution in [0.15, 0.2) is 18.2 Å². The first kappa shape index (κ1) is 10.3. The first-order valence-corrected chi connectivity index (χ1v) is 6.49. The SMILES string of the molecule is Cc1ccc(C23CCCCCC2C3)cc1F. The summed E-state index contributed by atoms with van der Waals surface area (Å²) in [5.41, 5.74) is 2.40. The predicted molar refractivity (Wildman–Crippen MR) is 64.0 cm³/mol. The van der Waals surface area contributed by atoms with Crippen LogP contribution in [-0.2, 0) is 5.41 Å². The highest BCUT2D eigenvalue weighted by atomic mass is 19.1. The van der Waals surface area contributed by atoms with Crippen molar-refractivity contribution in [3.05, 3.63) is 35.1 Å². The van der Waals surface area contributed by atoms with E-state index in [2.05, 4.69) is 6.07 Å². The zero-order chi connectivity index (χ0) is 11.2. The van der Waals surface area contributed by atoms with Crippen LogP contribution in [0.25, 0.3) is 0 Å². The fourth-order valence-electron chi connectivity index (χ4n) is 3.47. The zero-order valence-corrected chi connectivity index (χ0v) is 9.93. The Balaban J connectivity index is 1.94. The first-order valence-electron chi connectivity index (χ1n) is 6.49. The van der Waals surface area contributed by atoms with Crippen molar-refractivity contribution in [2.24, 2.45) is 5.92 Å². The van der Waals surface area contributed by atoms with Crippen LogP contribution < -0.4 is 0 Å². The van der Waals surface area contributed by atoms with Gasteiger partial charge in [0.1, 0.15) is 5.82 Å². The average Bonchev–Trinajstić information content (AvgIpc) is 2.96. The van der Waals surface area contributed by atoms with Gasteiger partial charge in [-0.25, -0.2) is 4.39 Å². The van der Waals surface area contributed by atoms with E-state index in [9.17, 15) is 4.39 Å². The molecular weight excluding hydrogens is 199 g/mol. The van der Waals surface area contributed by atoms with Crippen molar-refractivity contribution < 1.29 is 4.39 Å². The third kappa shape index (κ3) is 1.49. The molecule has 86 valence electrons. The van der Waals surface area contributed by atoms with E-state index in [1.807, 2.05) is 13.0 Å². The summed E-state index contributed by atoms with van der Waals surface area (Å²) >= 11 is 0. The summed E-state index contributed by atoms with van der Waals surface area (Å²) in [5.74, 6) is 0.818. The van der Waals surface area contributed by atoms with Crippen molar-refractivity contribution in [1.29, 1.82) is 0 Å². The molecule has 2 atom stereocenters. The van der Waals surface area contributed by atoms with Gasteiger partial charge < -0.3 is 0 Å². The summed E-state index contributed by atoms with van der Waals surface area (Å²) in [7, 11) is 0. The van der Waals surface area contributed by atoms with Crippen molar-refractivity contribution in [1.82, 2.24) is 0 Å². The van der Waals surface area contributed by atoms with Crippen LogP contribution >= 0.6 is 0 Å². The summed E-state index contributed by atoms with van der Waals surface area (Å²) < 4.78 is 13.6. The molecule has 2 aliphatic carbocycles. The molecule has 0 bridgehead atoms. The highest BCUT2D eigenvalue weighted by Crippen LogP contribution is 2.61. The molecule has 1 aromatic carbocycles. The Hall–Kier alpha value is -0.850. The van der Waals surface area contributed by atoms with Crippen molar-refractivity contribution in [3.8, 4) is 0 Å². The Morgan fingerprint density at radius 1 is 1.25 bits per heavy atom. The van der Waals surface area contributed by atoms with Gasteiger partial charge in [-0.15, -0.1) is 0 Å². The van der Waals surface area contributed by atoms with Gasteiger partial charge in [0, 0.05) is 0 Å². The second kappa shape index (κ2) is 3.58. The van der Waals surface area contributed by atoms with E-state index in [1.165, 1.54) is 44.1 Å². The predicted octanol–water partition coefficient (Wildman–Crippen LogP) is 4.36. The maximum Gasteiger partial charge on any atom is 0.126 e. The molecule has 1 aromatic rings. The molecular formula is C15H19F. The van der Waals surface area contributed by atoms with E-state index in [-0.39, 0.29) is 5.82 Å². The fourth-order valence-corrected chi connectivity index (χ4v) is 3.47. The summed E-state index contributed by atoms with van der Waals surface area (Å²) in [6, 6.07) is 5.89. The quantitative estimate of drug-likeness (QED) is 0.657. The van der Waals surface area contributed by atoms with Gasteiger partial charge in [0.25, 0.3) is 0 Å². The number of rotatable bonds is 1. The molecule has 2 fully saturated rings. The van der Waals surface area contributed by atoms with Gasteiger partial charge in [0.05, 0.1) is 0 Å². The Labute approximate surface area is 96.9 Å². The van der Waals surface area contributed by atoms with Gasteiger partial charge in [-0.3, -0.25) is 0 Å². The molecule has 16 heavy (non-hydrogen) atoms. The van der Waals surface area contributed by atoms with E-state index in [0.29, 0.717) is 5.41 Å². The Kier molecular flexibility index (Phi) is 2.31. The van der Waals surface area contributed by atoms with Crippen molar-refractivity contribution >= 4 is 0 Å². The Morgan fingerprint density at radius 2 is 2.12 bits per heavy atom. The second-order valence-corrected chi connectivity index (χ2v) is 5.62. The summed E-state index contributed by atoms with van der Waals surface area (Å²) in [5, 5.41) is 0. The number of fused-ring (bicyclic) bond motifs is 1. The number of aryl methyl sites for hydroxylation is 1. The lowest BCUT2D eigenvalue weighted by molar-refractivity contribution is 0.551. The second-order valence-electron chi connectivity index (χ2n) is 5.62. The van der Waals surface area contributed by atoms with Gasteiger partial charge in [0.2, 0.25) is 0 Å². The minimum atomic E-state index is -0.0261. The molecule has 0 aromatic heterocycles. The van der Waals surface area contributed by atoms with E-state index >= 15 is 0 Å². The van der Waals surface area contributed by atoms with Crippen LogP contribution in [-0.4, -0.2) is 0 Å². The van der Waals surface area contributed by atoms with Gasteiger partial charge in [-0.05, 0) is 54.7 Å². The van der Waals surface area contributed by atoms with Gasteiger partial charge in [-0.1, -0.05) is 31.4 Å². The van der Waals surface area contributed by atoms with Crippen LogP contribution in [0.3, 0.4) is 0 Å². The van der Waals surface area contributed by atoms with E-state index in [0.717, 1.165) is 11.5 Å². The Morgan fingerprint density at radius 3 is 2.94 bits per heavy atom. The number of benzene rings is 1. The lowest BCUT2D eigenvalue weighted by Crippen LogP contribution is -2.09. The molecule has 2 unspecified atom stereocenters. The maximum absolute atomic E-state index is 13.6. The minimum Gasteiger partial charge on any atom is -0.207 e.